The zero-order chi connectivity index (χ0) is 8.69. The molecular formula is C7H16N4. The van der Waals surface area contributed by atoms with Crippen LogP contribution in [0.4, 0.5) is 0 Å². The van der Waals surface area contributed by atoms with Gasteiger partial charge in [-0.15, -0.1) is 0 Å². The van der Waals surface area contributed by atoms with Gasteiger partial charge in [0.05, 0.1) is 11.6 Å². The van der Waals surface area contributed by atoms with Crippen LogP contribution in [0.5, 0.6) is 0 Å². The van der Waals surface area contributed by atoms with Crippen LogP contribution in [0.25, 0.3) is 0 Å². The summed E-state index contributed by atoms with van der Waals surface area (Å²) in [5.74, 6) is 0.994. The molecule has 0 aromatic heterocycles. The second kappa shape index (κ2) is 5.46. The second-order valence-electron chi connectivity index (χ2n) is 2.26. The van der Waals surface area contributed by atoms with Crippen LogP contribution in [0.3, 0.4) is 0 Å². The van der Waals surface area contributed by atoms with E-state index in [0.29, 0.717) is 11.6 Å². The lowest BCUT2D eigenvalue weighted by atomic mass is 10.4. The summed E-state index contributed by atoms with van der Waals surface area (Å²) in [5, 5.41) is 5.78. The predicted octanol–water partition coefficient (Wildman–Crippen LogP) is -0.584. The van der Waals surface area contributed by atoms with Crippen LogP contribution in [0, 0.1) is 0 Å². The van der Waals surface area contributed by atoms with Crippen LogP contribution in [0.15, 0.2) is 24.8 Å². The maximum atomic E-state index is 5.27. The third-order valence-corrected chi connectivity index (χ3v) is 1.06. The summed E-state index contributed by atoms with van der Waals surface area (Å²) in [6, 6.07) is 0. The van der Waals surface area contributed by atoms with E-state index >= 15 is 0 Å². The lowest BCUT2D eigenvalue weighted by Crippen LogP contribution is -2.25. The molecule has 4 heteroatoms. The molecule has 0 rings (SSSR count). The molecule has 0 spiro atoms. The van der Waals surface area contributed by atoms with Gasteiger partial charge in [0.15, 0.2) is 0 Å². The molecule has 0 bridgehead atoms. The fourth-order valence-electron chi connectivity index (χ4n) is 0.586. The summed E-state index contributed by atoms with van der Waals surface area (Å²) in [6.45, 7) is 8.59. The monoisotopic (exact) mass is 156 g/mol. The average molecular weight is 156 g/mol. The van der Waals surface area contributed by atoms with Crippen molar-refractivity contribution in [1.82, 2.24) is 10.6 Å². The minimum absolute atomic E-state index is 0.497. The first-order valence-electron chi connectivity index (χ1n) is 3.49. The van der Waals surface area contributed by atoms with Gasteiger partial charge >= 0.3 is 0 Å². The maximum Gasteiger partial charge on any atom is 0.0885 e. The lowest BCUT2D eigenvalue weighted by Gasteiger charge is -2.06. The third-order valence-electron chi connectivity index (χ3n) is 1.06. The fourth-order valence-corrected chi connectivity index (χ4v) is 0.586. The highest BCUT2D eigenvalue weighted by molar-refractivity contribution is 4.84. The summed E-state index contributed by atoms with van der Waals surface area (Å²) in [6.07, 6.45) is 0.937. The Morgan fingerprint density at radius 2 is 1.36 bits per heavy atom. The number of hydrogen-bond acceptors (Lipinski definition) is 4. The van der Waals surface area contributed by atoms with Crippen molar-refractivity contribution in [3.63, 3.8) is 0 Å². The van der Waals surface area contributed by atoms with Gasteiger partial charge in [-0.05, 0) is 6.42 Å². The second-order valence-corrected chi connectivity index (χ2v) is 2.26. The van der Waals surface area contributed by atoms with E-state index in [2.05, 4.69) is 23.8 Å². The van der Waals surface area contributed by atoms with E-state index in [4.69, 9.17) is 11.5 Å². The molecule has 64 valence electrons. The zero-order valence-corrected chi connectivity index (χ0v) is 6.69. The lowest BCUT2D eigenvalue weighted by molar-refractivity contribution is 0.673. The van der Waals surface area contributed by atoms with Gasteiger partial charge in [-0.3, -0.25) is 0 Å². The Morgan fingerprint density at radius 1 is 1.00 bits per heavy atom. The molecule has 0 saturated heterocycles. The first-order chi connectivity index (χ1) is 5.13. The van der Waals surface area contributed by atoms with Gasteiger partial charge in [-0.1, -0.05) is 13.2 Å². The molecule has 0 atom stereocenters. The quantitative estimate of drug-likeness (QED) is 0.388. The summed E-state index contributed by atoms with van der Waals surface area (Å²) >= 11 is 0. The van der Waals surface area contributed by atoms with Crippen LogP contribution in [-0.4, -0.2) is 13.1 Å². The van der Waals surface area contributed by atoms with Crippen molar-refractivity contribution in [3.05, 3.63) is 24.8 Å². The smallest absolute Gasteiger partial charge is 0.0885 e. The fraction of sp³-hybridized carbons (Fsp3) is 0.429. The van der Waals surface area contributed by atoms with Gasteiger partial charge in [-0.2, -0.15) is 0 Å². The Balaban J connectivity index is 3.03. The zero-order valence-electron chi connectivity index (χ0n) is 6.69. The molecule has 0 unspecified atom stereocenters. The number of nitrogens with two attached hydrogens (primary N) is 2. The summed E-state index contributed by atoms with van der Waals surface area (Å²) in [7, 11) is 0. The first-order valence-corrected chi connectivity index (χ1v) is 3.49. The normalized spacial score (nSPS) is 8.73. The van der Waals surface area contributed by atoms with E-state index in [1.807, 2.05) is 0 Å². The summed E-state index contributed by atoms with van der Waals surface area (Å²) < 4.78 is 0. The van der Waals surface area contributed by atoms with Crippen molar-refractivity contribution >= 4 is 0 Å². The van der Waals surface area contributed by atoms with Crippen molar-refractivity contribution in [2.24, 2.45) is 11.5 Å². The minimum atomic E-state index is 0.497. The Labute approximate surface area is 67.3 Å². The molecule has 0 aliphatic carbocycles. The van der Waals surface area contributed by atoms with E-state index in [1.165, 1.54) is 0 Å². The number of hydrogen-bond donors (Lipinski definition) is 4. The van der Waals surface area contributed by atoms with Gasteiger partial charge in [-0.25, -0.2) is 0 Å². The van der Waals surface area contributed by atoms with E-state index in [-0.39, 0.29) is 0 Å². The van der Waals surface area contributed by atoms with Gasteiger partial charge in [0, 0.05) is 13.1 Å². The van der Waals surface area contributed by atoms with Crippen molar-refractivity contribution < 1.29 is 0 Å². The molecule has 0 amide bonds. The van der Waals surface area contributed by atoms with Crippen LogP contribution >= 0.6 is 0 Å². The molecule has 0 aromatic rings. The maximum absolute atomic E-state index is 5.27. The molecule has 0 aliphatic heterocycles. The van der Waals surface area contributed by atoms with E-state index in [1.54, 1.807) is 0 Å². The van der Waals surface area contributed by atoms with Crippen molar-refractivity contribution in [1.29, 1.82) is 0 Å². The molecule has 0 radical (unpaired) electrons. The third kappa shape index (κ3) is 8.68. The summed E-state index contributed by atoms with van der Waals surface area (Å²) in [5.41, 5.74) is 10.5. The largest absolute Gasteiger partial charge is 0.386 e. The SMILES string of the molecule is C=C(N)NCCCNC(=C)N. The Bertz CT molecular complexity index is 125. The predicted molar refractivity (Wildman–Crippen MR) is 47.3 cm³/mol. The van der Waals surface area contributed by atoms with Crippen molar-refractivity contribution in [2.45, 2.75) is 6.42 Å². The topological polar surface area (TPSA) is 76.1 Å². The van der Waals surface area contributed by atoms with Gasteiger partial charge in [0.1, 0.15) is 0 Å². The molecule has 0 saturated carbocycles. The molecule has 0 aliphatic rings. The van der Waals surface area contributed by atoms with Crippen molar-refractivity contribution in [2.75, 3.05) is 13.1 Å². The van der Waals surface area contributed by atoms with E-state index < -0.39 is 0 Å². The molecule has 0 fully saturated rings. The number of nitrogens with one attached hydrogen (secondary N) is 2. The Hall–Kier alpha value is -1.32. The van der Waals surface area contributed by atoms with Crippen LogP contribution in [-0.2, 0) is 0 Å². The molecule has 0 heterocycles. The van der Waals surface area contributed by atoms with E-state index in [9.17, 15) is 0 Å². The molecule has 4 nitrogen and oxygen atoms in total. The average Bonchev–Trinajstić information content (AvgIpc) is 1.85. The van der Waals surface area contributed by atoms with E-state index in [0.717, 1.165) is 19.5 Å². The first kappa shape index (κ1) is 9.68. The van der Waals surface area contributed by atoms with Crippen molar-refractivity contribution in [3.8, 4) is 0 Å². The van der Waals surface area contributed by atoms with Gasteiger partial charge in [0.25, 0.3) is 0 Å². The highest BCUT2D eigenvalue weighted by Crippen LogP contribution is 1.76. The Kier molecular flexibility index (Phi) is 4.81. The highest BCUT2D eigenvalue weighted by Gasteiger charge is 1.86. The van der Waals surface area contributed by atoms with Crippen LogP contribution in [0.1, 0.15) is 6.42 Å². The molecular weight excluding hydrogens is 140 g/mol. The standard InChI is InChI=1S/C7H16N4/c1-6(8)10-4-3-5-11-7(2)9/h10-11H,1-5,8-9H2. The number of rotatable bonds is 6. The Morgan fingerprint density at radius 3 is 1.64 bits per heavy atom. The van der Waals surface area contributed by atoms with Crippen LogP contribution in [0.2, 0.25) is 0 Å². The van der Waals surface area contributed by atoms with Gasteiger partial charge < -0.3 is 22.1 Å². The summed E-state index contributed by atoms with van der Waals surface area (Å²) in [4.78, 5) is 0. The van der Waals surface area contributed by atoms with Gasteiger partial charge in [0.2, 0.25) is 0 Å². The highest BCUT2D eigenvalue weighted by atomic mass is 15.0. The molecule has 0 aromatic carbocycles. The molecule has 11 heavy (non-hydrogen) atoms. The molecule has 6 N–H and O–H groups in total. The minimum Gasteiger partial charge on any atom is -0.386 e. The van der Waals surface area contributed by atoms with Crippen LogP contribution < -0.4 is 22.1 Å².